The number of halogens is 4. The quantitative estimate of drug-likeness (QED) is 0.152. The summed E-state index contributed by atoms with van der Waals surface area (Å²) in [5.41, 5.74) is -3.16. The zero-order valence-electron chi connectivity index (χ0n) is 23.1. The van der Waals surface area contributed by atoms with Crippen LogP contribution in [0.4, 0.5) is 13.2 Å². The minimum Gasteiger partial charge on any atom is -0.462 e. The molecule has 0 aromatic heterocycles. The lowest BCUT2D eigenvalue weighted by Gasteiger charge is -2.35. The molecule has 6 atom stereocenters. The van der Waals surface area contributed by atoms with Crippen molar-refractivity contribution in [2.24, 2.45) is 0 Å². The highest BCUT2D eigenvalue weighted by Gasteiger charge is 2.63. The molecule has 0 saturated carbocycles. The maximum atomic E-state index is 15.4. The summed E-state index contributed by atoms with van der Waals surface area (Å²) < 4.78 is 65.5. The lowest BCUT2D eigenvalue weighted by Crippen LogP contribution is -2.52. The number of carbonyl (C=O) groups excluding carboxylic acids is 4. The molecule has 0 aromatic carbocycles. The van der Waals surface area contributed by atoms with Crippen LogP contribution in [0, 0.1) is 0 Å². The summed E-state index contributed by atoms with van der Waals surface area (Å²) in [5.74, 6) is -3.28. The number of nitrogens with one attached hydrogen (secondary N) is 2. The summed E-state index contributed by atoms with van der Waals surface area (Å²) in [4.78, 5) is 49.5. The topological polar surface area (TPSA) is 153 Å². The number of esters is 2. The van der Waals surface area contributed by atoms with E-state index in [1.54, 1.807) is 27.7 Å². The Morgan fingerprint density at radius 1 is 1.15 bits per heavy atom. The van der Waals surface area contributed by atoms with E-state index >= 15 is 4.39 Å². The normalized spacial score (nSPS) is 26.9. The molecule has 0 bridgehead atoms. The summed E-state index contributed by atoms with van der Waals surface area (Å²) in [5, 5.41) is 15.3. The average Bonchev–Trinajstić information content (AvgIpc) is 3.10. The van der Waals surface area contributed by atoms with Gasteiger partial charge in [0.2, 0.25) is 5.91 Å². The van der Waals surface area contributed by atoms with Crippen LogP contribution in [0.25, 0.3) is 0 Å². The molecular formula is C23H34ClF3N3O9PS. The Morgan fingerprint density at radius 3 is 2.07 bits per heavy atom. The van der Waals surface area contributed by atoms with Crippen molar-refractivity contribution in [1.29, 1.82) is 0 Å². The van der Waals surface area contributed by atoms with Gasteiger partial charge in [0.1, 0.15) is 23.2 Å². The van der Waals surface area contributed by atoms with E-state index in [2.05, 4.69) is 10.2 Å². The molecule has 0 aliphatic carbocycles. The number of hydrogen-bond acceptors (Lipinski definition) is 10. The van der Waals surface area contributed by atoms with E-state index in [0.29, 0.717) is 4.90 Å². The van der Waals surface area contributed by atoms with Gasteiger partial charge in [-0.1, -0.05) is 11.6 Å². The second-order valence-electron chi connectivity index (χ2n) is 10.0. The average molecular weight is 652 g/mol. The number of rotatable bonds is 13. The van der Waals surface area contributed by atoms with Gasteiger partial charge < -0.3 is 23.8 Å². The summed E-state index contributed by atoms with van der Waals surface area (Å²) in [6, 6.07) is -2.35. The van der Waals surface area contributed by atoms with Crippen molar-refractivity contribution in [3.8, 4) is 0 Å². The van der Waals surface area contributed by atoms with E-state index < -0.39 is 103 Å². The van der Waals surface area contributed by atoms with E-state index in [1.807, 2.05) is 0 Å². The van der Waals surface area contributed by atoms with Crippen LogP contribution in [0.5, 0.6) is 0 Å². The zero-order chi connectivity index (χ0) is 31.4. The van der Waals surface area contributed by atoms with Gasteiger partial charge in [0.15, 0.2) is 30.4 Å². The fourth-order valence-corrected chi connectivity index (χ4v) is 6.86. The van der Waals surface area contributed by atoms with E-state index in [-0.39, 0.29) is 0 Å². The van der Waals surface area contributed by atoms with Crippen molar-refractivity contribution in [2.45, 2.75) is 103 Å². The van der Waals surface area contributed by atoms with E-state index in [1.165, 1.54) is 13.8 Å². The number of allylic oxidation sites excluding steroid dienone is 1. The van der Waals surface area contributed by atoms with Gasteiger partial charge in [-0.2, -0.15) is 0 Å². The molecule has 1 fully saturated rings. The smallest absolute Gasteiger partial charge is 0.323 e. The van der Waals surface area contributed by atoms with Crippen LogP contribution in [-0.4, -0.2) is 95.1 Å². The van der Waals surface area contributed by atoms with Gasteiger partial charge in [0.05, 0.1) is 25.2 Å². The SMILES string of the molecule is CC(C)OC(=O)[C@H](C)NP(=S)(N[C@@H](C)C(=O)OC(C)C)OC[C@@]1(C(F)F)O[C@@H](N2C=C(Cl)C(=O)CC2=O)[C@H](O)[C@H]1F. The monoisotopic (exact) mass is 651 g/mol. The van der Waals surface area contributed by atoms with Crippen LogP contribution in [0.2, 0.25) is 0 Å². The number of alkyl halides is 3. The maximum Gasteiger partial charge on any atom is 0.323 e. The van der Waals surface area contributed by atoms with Gasteiger partial charge in [-0.05, 0) is 53.3 Å². The van der Waals surface area contributed by atoms with Crippen LogP contribution in [0.15, 0.2) is 11.2 Å². The van der Waals surface area contributed by atoms with Gasteiger partial charge in [0.25, 0.3) is 6.43 Å². The van der Waals surface area contributed by atoms with Crippen LogP contribution in [-0.2, 0) is 49.7 Å². The van der Waals surface area contributed by atoms with Crippen molar-refractivity contribution < 1.29 is 56.2 Å². The van der Waals surface area contributed by atoms with Crippen LogP contribution in [0.3, 0.4) is 0 Å². The molecule has 0 spiro atoms. The van der Waals surface area contributed by atoms with Crippen LogP contribution in [0.1, 0.15) is 48.0 Å². The summed E-state index contributed by atoms with van der Waals surface area (Å²) >= 11 is 11.3. The molecule has 18 heteroatoms. The Morgan fingerprint density at radius 2 is 1.63 bits per heavy atom. The molecule has 1 amide bonds. The first-order valence-electron chi connectivity index (χ1n) is 12.5. The third-order valence-corrected chi connectivity index (χ3v) is 8.98. The van der Waals surface area contributed by atoms with Crippen molar-refractivity contribution in [3.05, 3.63) is 11.2 Å². The van der Waals surface area contributed by atoms with Gasteiger partial charge in [-0.3, -0.25) is 24.1 Å². The van der Waals surface area contributed by atoms with E-state index in [4.69, 9.17) is 42.1 Å². The lowest BCUT2D eigenvalue weighted by molar-refractivity contribution is -0.192. The Hall–Kier alpha value is -1.65. The third-order valence-electron chi connectivity index (χ3n) is 5.77. The van der Waals surface area contributed by atoms with Crippen LogP contribution < -0.4 is 10.2 Å². The van der Waals surface area contributed by atoms with Crippen molar-refractivity contribution in [1.82, 2.24) is 15.1 Å². The first-order chi connectivity index (χ1) is 18.8. The molecule has 2 aliphatic heterocycles. The minimum atomic E-state index is -3.88. The summed E-state index contributed by atoms with van der Waals surface area (Å²) in [7, 11) is 0. The molecule has 3 N–H and O–H groups in total. The lowest BCUT2D eigenvalue weighted by atomic mass is 9.98. The fraction of sp³-hybridized carbons (Fsp3) is 0.739. The molecule has 1 saturated heterocycles. The number of Topliss-reactive ketones (excluding diaryl/α,β-unsaturated/α-hetero) is 1. The molecule has 0 radical (unpaired) electrons. The molecule has 2 heterocycles. The number of aliphatic hydroxyl groups excluding tert-OH is 1. The first kappa shape index (κ1) is 35.5. The molecule has 0 unspecified atom stereocenters. The molecule has 234 valence electrons. The number of amides is 1. The van der Waals surface area contributed by atoms with E-state index in [9.17, 15) is 33.1 Å². The Kier molecular flexibility index (Phi) is 12.3. The Labute approximate surface area is 245 Å². The van der Waals surface area contributed by atoms with Gasteiger partial charge in [0, 0.05) is 6.20 Å². The van der Waals surface area contributed by atoms with Gasteiger partial charge >= 0.3 is 11.9 Å². The van der Waals surface area contributed by atoms with Crippen molar-refractivity contribution >= 4 is 53.6 Å². The van der Waals surface area contributed by atoms with Gasteiger partial charge in [-0.15, -0.1) is 0 Å². The molecule has 0 aromatic rings. The minimum absolute atomic E-state index is 0.449. The Bertz CT molecular complexity index is 1070. The Balaban J connectivity index is 2.37. The third kappa shape index (κ3) is 8.69. The molecule has 2 rings (SSSR count). The highest BCUT2D eigenvalue weighted by Crippen LogP contribution is 2.46. The fourth-order valence-electron chi connectivity index (χ4n) is 3.75. The first-order valence-corrected chi connectivity index (χ1v) is 15.6. The predicted octanol–water partition coefficient (Wildman–Crippen LogP) is 2.03. The maximum absolute atomic E-state index is 15.4. The highest BCUT2D eigenvalue weighted by molar-refractivity contribution is 8.10. The molecule has 41 heavy (non-hydrogen) atoms. The predicted molar refractivity (Wildman–Crippen MR) is 143 cm³/mol. The molecular weight excluding hydrogens is 618 g/mol. The summed E-state index contributed by atoms with van der Waals surface area (Å²) in [6.45, 7) is 3.90. The number of aliphatic hydroxyl groups is 1. The zero-order valence-corrected chi connectivity index (χ0v) is 25.6. The van der Waals surface area contributed by atoms with Crippen molar-refractivity contribution in [3.63, 3.8) is 0 Å². The van der Waals surface area contributed by atoms with Gasteiger partial charge in [-0.25, -0.2) is 23.3 Å². The van der Waals surface area contributed by atoms with Crippen molar-refractivity contribution in [2.75, 3.05) is 6.61 Å². The highest BCUT2D eigenvalue weighted by atomic mass is 35.5. The summed E-state index contributed by atoms with van der Waals surface area (Å²) in [6.07, 6.45) is -11.7. The van der Waals surface area contributed by atoms with E-state index in [0.717, 1.165) is 6.20 Å². The number of ether oxygens (including phenoxy) is 3. The number of ketones is 1. The number of carbonyl (C=O) groups is 4. The number of hydrogen-bond donors (Lipinski definition) is 3. The molecule has 12 nitrogen and oxygen atoms in total. The number of nitrogens with zero attached hydrogens (tertiary/aromatic N) is 1. The standard InChI is InChI=1S/C23H34ClF3N3O9PS/c1-10(2)37-20(34)12(5)28-40(41,29-13(6)21(35)38-11(3)4)36-9-23(22(26)27)18(25)17(33)19(39-23)30-8-14(24)15(31)7-16(30)32/h8,10-13,17-19,22,33H,7,9H2,1-6H3,(H2,28,29,41)/t12-,13-,17+,18+,19+,23+/m0/s1. The second kappa shape index (κ2) is 14.2. The molecule has 2 aliphatic rings. The van der Waals surface area contributed by atoms with Crippen LogP contribution >= 0.6 is 18.2 Å². The largest absolute Gasteiger partial charge is 0.462 e. The second-order valence-corrected chi connectivity index (χ2v) is 13.9.